The van der Waals surface area contributed by atoms with Crippen LogP contribution in [0.15, 0.2) is 23.1 Å². The standard InChI is InChI=1S/C14H17ClN2O2S2/c1-8(14-9(2)20-10(3)17-14)16-13-7-11(21(4,18)19)5-6-12(13)15/h5-8,16H,1-4H3. The highest BCUT2D eigenvalue weighted by Gasteiger charge is 2.16. The fourth-order valence-corrected chi connectivity index (χ4v) is 3.83. The molecule has 1 aromatic carbocycles. The van der Waals surface area contributed by atoms with E-state index in [-0.39, 0.29) is 10.9 Å². The lowest BCUT2D eigenvalue weighted by molar-refractivity contribution is 0.602. The van der Waals surface area contributed by atoms with Gasteiger partial charge < -0.3 is 5.32 Å². The number of sulfone groups is 1. The van der Waals surface area contributed by atoms with Crippen molar-refractivity contribution in [2.24, 2.45) is 0 Å². The first kappa shape index (κ1) is 16.3. The maximum Gasteiger partial charge on any atom is 0.175 e. The lowest BCUT2D eigenvalue weighted by Gasteiger charge is -2.16. The summed E-state index contributed by atoms with van der Waals surface area (Å²) in [5, 5.41) is 4.73. The number of anilines is 1. The number of aryl methyl sites for hydroxylation is 2. The van der Waals surface area contributed by atoms with Crippen LogP contribution in [0.3, 0.4) is 0 Å². The average Bonchev–Trinajstić information content (AvgIpc) is 2.70. The largest absolute Gasteiger partial charge is 0.376 e. The van der Waals surface area contributed by atoms with Gasteiger partial charge >= 0.3 is 0 Å². The Morgan fingerprint density at radius 2 is 2.00 bits per heavy atom. The average molecular weight is 345 g/mol. The van der Waals surface area contributed by atoms with Crippen LogP contribution in [0.5, 0.6) is 0 Å². The number of hydrogen-bond acceptors (Lipinski definition) is 5. The summed E-state index contributed by atoms with van der Waals surface area (Å²) in [6.45, 7) is 5.96. The van der Waals surface area contributed by atoms with E-state index in [0.717, 1.165) is 15.6 Å². The van der Waals surface area contributed by atoms with Crippen LogP contribution in [-0.4, -0.2) is 19.7 Å². The number of aromatic nitrogens is 1. The molecular weight excluding hydrogens is 328 g/mol. The molecule has 0 radical (unpaired) electrons. The van der Waals surface area contributed by atoms with Crippen molar-refractivity contribution in [1.82, 2.24) is 4.98 Å². The number of rotatable bonds is 4. The molecule has 7 heteroatoms. The molecule has 0 bridgehead atoms. The van der Waals surface area contributed by atoms with E-state index in [1.165, 1.54) is 12.3 Å². The van der Waals surface area contributed by atoms with Gasteiger partial charge in [-0.15, -0.1) is 11.3 Å². The van der Waals surface area contributed by atoms with Gasteiger partial charge in [-0.3, -0.25) is 0 Å². The Morgan fingerprint density at radius 3 is 2.52 bits per heavy atom. The van der Waals surface area contributed by atoms with E-state index in [1.807, 2.05) is 20.8 Å². The Labute approximate surface area is 134 Å². The molecule has 1 unspecified atom stereocenters. The molecule has 0 saturated heterocycles. The molecule has 2 aromatic rings. The lowest BCUT2D eigenvalue weighted by atomic mass is 10.2. The van der Waals surface area contributed by atoms with Crippen molar-refractivity contribution in [3.63, 3.8) is 0 Å². The predicted octanol–water partition coefficient (Wildman–Crippen LogP) is 3.99. The number of benzene rings is 1. The molecule has 1 N–H and O–H groups in total. The molecule has 1 heterocycles. The van der Waals surface area contributed by atoms with Gasteiger partial charge in [-0.05, 0) is 39.0 Å². The molecule has 0 aliphatic carbocycles. The molecule has 114 valence electrons. The van der Waals surface area contributed by atoms with Crippen LogP contribution in [0.25, 0.3) is 0 Å². The van der Waals surface area contributed by atoms with Crippen molar-refractivity contribution in [1.29, 1.82) is 0 Å². The van der Waals surface area contributed by atoms with E-state index >= 15 is 0 Å². The first-order valence-electron chi connectivity index (χ1n) is 6.38. The fourth-order valence-electron chi connectivity index (χ4n) is 2.09. The zero-order valence-electron chi connectivity index (χ0n) is 12.3. The Morgan fingerprint density at radius 1 is 1.33 bits per heavy atom. The minimum Gasteiger partial charge on any atom is -0.376 e. The molecule has 1 aromatic heterocycles. The Bertz CT molecular complexity index is 769. The number of nitrogens with one attached hydrogen (secondary N) is 1. The molecule has 0 aliphatic heterocycles. The molecule has 21 heavy (non-hydrogen) atoms. The second-order valence-corrected chi connectivity index (χ2v) is 8.78. The van der Waals surface area contributed by atoms with Gasteiger partial charge in [-0.25, -0.2) is 13.4 Å². The van der Waals surface area contributed by atoms with Crippen molar-refractivity contribution < 1.29 is 8.42 Å². The highest BCUT2D eigenvalue weighted by Crippen LogP contribution is 2.30. The predicted molar refractivity (Wildman–Crippen MR) is 88.2 cm³/mol. The Hall–Kier alpha value is -1.11. The van der Waals surface area contributed by atoms with Crippen molar-refractivity contribution in [2.75, 3.05) is 11.6 Å². The number of nitrogens with zero attached hydrogens (tertiary/aromatic N) is 1. The first-order chi connectivity index (χ1) is 9.68. The van der Waals surface area contributed by atoms with Crippen LogP contribution in [0, 0.1) is 13.8 Å². The van der Waals surface area contributed by atoms with Crippen LogP contribution >= 0.6 is 22.9 Å². The second kappa shape index (κ2) is 5.94. The van der Waals surface area contributed by atoms with Crippen molar-refractivity contribution in [2.45, 2.75) is 31.7 Å². The van der Waals surface area contributed by atoms with E-state index in [1.54, 1.807) is 23.5 Å². The minimum atomic E-state index is -3.26. The van der Waals surface area contributed by atoms with E-state index < -0.39 is 9.84 Å². The fraction of sp³-hybridized carbons (Fsp3) is 0.357. The third kappa shape index (κ3) is 3.75. The highest BCUT2D eigenvalue weighted by molar-refractivity contribution is 7.90. The van der Waals surface area contributed by atoms with E-state index in [2.05, 4.69) is 10.3 Å². The van der Waals surface area contributed by atoms with Crippen molar-refractivity contribution in [3.05, 3.63) is 38.8 Å². The molecule has 4 nitrogen and oxygen atoms in total. The Balaban J connectivity index is 2.33. The smallest absolute Gasteiger partial charge is 0.175 e. The van der Waals surface area contributed by atoms with Crippen molar-refractivity contribution >= 4 is 38.5 Å². The van der Waals surface area contributed by atoms with Gasteiger partial charge in [0.15, 0.2) is 9.84 Å². The quantitative estimate of drug-likeness (QED) is 0.911. The summed E-state index contributed by atoms with van der Waals surface area (Å²) in [5.74, 6) is 0. The molecule has 2 rings (SSSR count). The molecule has 0 amide bonds. The number of halogens is 1. The first-order valence-corrected chi connectivity index (χ1v) is 9.47. The van der Waals surface area contributed by atoms with Crippen LogP contribution in [0.1, 0.15) is 28.5 Å². The molecule has 0 spiro atoms. The maximum atomic E-state index is 11.6. The van der Waals surface area contributed by atoms with Gasteiger partial charge in [0.25, 0.3) is 0 Å². The molecule has 1 atom stereocenters. The van der Waals surface area contributed by atoms with E-state index in [9.17, 15) is 8.42 Å². The summed E-state index contributed by atoms with van der Waals surface area (Å²) in [6.07, 6.45) is 1.18. The molecule has 0 saturated carbocycles. The van der Waals surface area contributed by atoms with Gasteiger partial charge in [0, 0.05) is 11.1 Å². The summed E-state index contributed by atoms with van der Waals surface area (Å²) in [5.41, 5.74) is 1.55. The zero-order valence-corrected chi connectivity index (χ0v) is 14.7. The number of hydrogen-bond donors (Lipinski definition) is 1. The lowest BCUT2D eigenvalue weighted by Crippen LogP contribution is -2.09. The van der Waals surface area contributed by atoms with E-state index in [0.29, 0.717) is 10.7 Å². The van der Waals surface area contributed by atoms with Crippen LogP contribution in [0.2, 0.25) is 5.02 Å². The topological polar surface area (TPSA) is 59.1 Å². The summed E-state index contributed by atoms with van der Waals surface area (Å²) in [7, 11) is -3.26. The van der Waals surface area contributed by atoms with Crippen LogP contribution < -0.4 is 5.32 Å². The van der Waals surface area contributed by atoms with Gasteiger partial charge in [0.2, 0.25) is 0 Å². The summed E-state index contributed by atoms with van der Waals surface area (Å²) >= 11 is 7.79. The van der Waals surface area contributed by atoms with E-state index in [4.69, 9.17) is 11.6 Å². The third-order valence-corrected chi connectivity index (χ3v) is 5.43. The normalized spacial score (nSPS) is 13.2. The monoisotopic (exact) mass is 344 g/mol. The van der Waals surface area contributed by atoms with Crippen molar-refractivity contribution in [3.8, 4) is 0 Å². The molecule has 0 aliphatic rings. The second-order valence-electron chi connectivity index (χ2n) is 4.95. The van der Waals surface area contributed by atoms with Gasteiger partial charge in [0.05, 0.1) is 32.3 Å². The third-order valence-electron chi connectivity index (χ3n) is 3.09. The summed E-state index contributed by atoms with van der Waals surface area (Å²) in [6, 6.07) is 4.60. The maximum absolute atomic E-state index is 11.6. The Kier molecular flexibility index (Phi) is 4.60. The molecule has 0 fully saturated rings. The van der Waals surface area contributed by atoms with Gasteiger partial charge in [0.1, 0.15) is 0 Å². The summed E-state index contributed by atoms with van der Waals surface area (Å²) < 4.78 is 23.3. The molecular formula is C14H17ClN2O2S2. The zero-order chi connectivity index (χ0) is 15.8. The van der Waals surface area contributed by atoms with Crippen LogP contribution in [-0.2, 0) is 9.84 Å². The van der Waals surface area contributed by atoms with Gasteiger partial charge in [-0.2, -0.15) is 0 Å². The number of thiazole rings is 1. The summed E-state index contributed by atoms with van der Waals surface area (Å²) in [4.78, 5) is 5.89. The highest BCUT2D eigenvalue weighted by atomic mass is 35.5. The SMILES string of the molecule is Cc1nc(C(C)Nc2cc(S(C)(=O)=O)ccc2Cl)c(C)s1. The minimum absolute atomic E-state index is 0.0535. The van der Waals surface area contributed by atoms with Gasteiger partial charge in [-0.1, -0.05) is 11.6 Å². The van der Waals surface area contributed by atoms with Crippen LogP contribution in [0.4, 0.5) is 5.69 Å².